The van der Waals surface area contributed by atoms with Crippen LogP contribution < -0.4 is 10.6 Å². The number of fused-ring (bicyclic) bond motifs is 1. The summed E-state index contributed by atoms with van der Waals surface area (Å²) < 4.78 is 1.49. The van der Waals surface area contributed by atoms with Gasteiger partial charge in [0, 0.05) is 64.9 Å². The summed E-state index contributed by atoms with van der Waals surface area (Å²) in [5.74, 6) is 0.751. The lowest BCUT2D eigenvalue weighted by molar-refractivity contribution is -0.134. The molecule has 2 saturated heterocycles. The van der Waals surface area contributed by atoms with Crippen molar-refractivity contribution in [2.24, 2.45) is 7.05 Å². The van der Waals surface area contributed by atoms with Crippen LogP contribution in [0.4, 0.5) is 5.82 Å². The predicted octanol–water partition coefficient (Wildman–Crippen LogP) is 2.91. The number of rotatable bonds is 7. The maximum atomic E-state index is 12.8. The third kappa shape index (κ3) is 5.69. The monoisotopic (exact) mass is 556 g/mol. The second-order valence-electron chi connectivity index (χ2n) is 11.4. The zero-order chi connectivity index (χ0) is 29.3. The number of anilines is 1. The number of nitriles is 1. The van der Waals surface area contributed by atoms with Crippen LogP contribution in [-0.2, 0) is 18.4 Å². The van der Waals surface area contributed by atoms with Crippen molar-refractivity contribution in [1.29, 1.82) is 5.26 Å². The van der Waals surface area contributed by atoms with Crippen LogP contribution in [0.3, 0.4) is 0 Å². The molecular weight excluding hydrogens is 516 g/mol. The average molecular weight is 557 g/mol. The Morgan fingerprint density at radius 3 is 2.37 bits per heavy atom. The van der Waals surface area contributed by atoms with Crippen molar-refractivity contribution >= 4 is 22.8 Å². The number of carbonyl (C=O) groups is 1. The van der Waals surface area contributed by atoms with Crippen LogP contribution in [0.5, 0.6) is 0 Å². The molecule has 2 aromatic heterocycles. The largest absolute Gasteiger partial charge is 0.349 e. The van der Waals surface area contributed by atoms with E-state index in [1.807, 2.05) is 7.05 Å². The number of nitrogens with zero attached hydrogens (tertiary/aromatic N) is 8. The number of aromatic nitrogens is 3. The minimum absolute atomic E-state index is 0.143. The van der Waals surface area contributed by atoms with E-state index >= 15 is 0 Å². The Morgan fingerprint density at radius 2 is 1.71 bits per heavy atom. The van der Waals surface area contributed by atoms with Crippen LogP contribution in [0.2, 0.25) is 0 Å². The number of carbonyl (C=O) groups excluding carboxylic acids is 1. The quantitative estimate of drug-likeness (QED) is 0.438. The van der Waals surface area contributed by atoms with Crippen LogP contribution in [0, 0.1) is 11.3 Å². The topological polar surface area (TPSA) is 102 Å². The summed E-state index contributed by atoms with van der Waals surface area (Å²) >= 11 is 0. The van der Waals surface area contributed by atoms with E-state index in [0.29, 0.717) is 29.1 Å². The first-order chi connectivity index (χ1) is 19.7. The highest BCUT2D eigenvalue weighted by molar-refractivity contribution is 5.86. The zero-order valence-electron chi connectivity index (χ0n) is 24.7. The maximum absolute atomic E-state index is 12.8. The second-order valence-corrected chi connectivity index (χ2v) is 11.4. The van der Waals surface area contributed by atoms with Crippen LogP contribution >= 0.6 is 0 Å². The Kier molecular flexibility index (Phi) is 8.38. The number of hydrogen-bond donors (Lipinski definition) is 0. The molecule has 3 atom stereocenters. The molecule has 4 heterocycles. The summed E-state index contributed by atoms with van der Waals surface area (Å²) in [6.07, 6.45) is 1.84. The summed E-state index contributed by atoms with van der Waals surface area (Å²) in [4.78, 5) is 42.8. The number of amides is 1. The molecule has 1 amide bonds. The highest BCUT2D eigenvalue weighted by Gasteiger charge is 2.37. The average Bonchev–Trinajstić information content (AvgIpc) is 2.99. The van der Waals surface area contributed by atoms with Crippen molar-refractivity contribution < 1.29 is 4.79 Å². The van der Waals surface area contributed by atoms with Crippen molar-refractivity contribution in [3.63, 3.8) is 0 Å². The Bertz CT molecular complexity index is 1510. The third-order valence-corrected chi connectivity index (χ3v) is 8.91. The van der Waals surface area contributed by atoms with Gasteiger partial charge >= 0.3 is 5.69 Å². The van der Waals surface area contributed by atoms with Crippen molar-refractivity contribution in [3.05, 3.63) is 63.7 Å². The number of likely N-dealkylation sites (N-methyl/N-ethyl adjacent to an activating group) is 1. The van der Waals surface area contributed by atoms with Gasteiger partial charge in [-0.25, -0.2) is 9.78 Å². The van der Waals surface area contributed by atoms with Gasteiger partial charge in [-0.2, -0.15) is 10.2 Å². The van der Waals surface area contributed by atoms with E-state index in [-0.39, 0.29) is 29.7 Å². The summed E-state index contributed by atoms with van der Waals surface area (Å²) in [6.45, 7) is 11.1. The SMILES string of the molecule is CCC1CN(C(C)c2ccc(CN3CCN(C)C(=O)C3)cc2)[C@H](CC)CN1c1nc(=O)n(C)c2ccc(C#N)nc12. The molecule has 41 heavy (non-hydrogen) atoms. The van der Waals surface area contributed by atoms with Gasteiger partial charge in [-0.1, -0.05) is 38.1 Å². The van der Waals surface area contributed by atoms with Gasteiger partial charge in [0.15, 0.2) is 5.82 Å². The van der Waals surface area contributed by atoms with Crippen molar-refractivity contribution in [2.45, 2.75) is 58.3 Å². The summed E-state index contributed by atoms with van der Waals surface area (Å²) in [5.41, 5.74) is 3.75. The molecule has 2 aliphatic heterocycles. The lowest BCUT2D eigenvalue weighted by Crippen LogP contribution is -2.59. The molecule has 0 saturated carbocycles. The molecule has 0 spiro atoms. The first kappa shape index (κ1) is 28.7. The number of hydrogen-bond acceptors (Lipinski definition) is 8. The first-order valence-electron chi connectivity index (χ1n) is 14.6. The number of benzene rings is 1. The number of piperazine rings is 2. The van der Waals surface area contributed by atoms with Gasteiger partial charge in [0.05, 0.1) is 12.1 Å². The number of pyridine rings is 1. The van der Waals surface area contributed by atoms with Gasteiger partial charge in [-0.15, -0.1) is 0 Å². The minimum atomic E-state index is -0.321. The molecule has 216 valence electrons. The van der Waals surface area contributed by atoms with Crippen LogP contribution in [-0.4, -0.2) is 87.0 Å². The molecule has 0 N–H and O–H groups in total. The van der Waals surface area contributed by atoms with E-state index < -0.39 is 0 Å². The normalized spacial score (nSPS) is 21.3. The highest BCUT2D eigenvalue weighted by Crippen LogP contribution is 2.33. The molecule has 2 fully saturated rings. The molecule has 2 aliphatic rings. The third-order valence-electron chi connectivity index (χ3n) is 8.91. The van der Waals surface area contributed by atoms with Gasteiger partial charge in [0.1, 0.15) is 17.3 Å². The van der Waals surface area contributed by atoms with E-state index in [4.69, 9.17) is 0 Å². The first-order valence-corrected chi connectivity index (χ1v) is 14.6. The zero-order valence-corrected chi connectivity index (χ0v) is 24.7. The van der Waals surface area contributed by atoms with Crippen molar-refractivity contribution in [2.75, 3.05) is 44.7 Å². The Labute approximate surface area is 241 Å². The van der Waals surface area contributed by atoms with Crippen molar-refractivity contribution in [3.8, 4) is 6.07 Å². The molecule has 5 rings (SSSR count). The minimum Gasteiger partial charge on any atom is -0.349 e. The van der Waals surface area contributed by atoms with E-state index in [2.05, 4.69) is 75.8 Å². The Balaban J connectivity index is 1.37. The fourth-order valence-corrected chi connectivity index (χ4v) is 6.18. The second kappa shape index (κ2) is 12.0. The molecule has 10 heteroatoms. The molecular formula is C31H40N8O2. The van der Waals surface area contributed by atoms with Gasteiger partial charge in [-0.05, 0) is 43.0 Å². The summed E-state index contributed by atoms with van der Waals surface area (Å²) in [7, 11) is 3.56. The molecule has 1 aromatic carbocycles. The summed E-state index contributed by atoms with van der Waals surface area (Å²) in [5, 5.41) is 9.48. The number of aryl methyl sites for hydroxylation is 1. The van der Waals surface area contributed by atoms with E-state index in [1.165, 1.54) is 15.7 Å². The molecule has 10 nitrogen and oxygen atoms in total. The fraction of sp³-hybridized carbons (Fsp3) is 0.516. The van der Waals surface area contributed by atoms with Gasteiger partial charge in [0.2, 0.25) is 5.91 Å². The molecule has 3 aromatic rings. The van der Waals surface area contributed by atoms with E-state index in [1.54, 1.807) is 24.1 Å². The lowest BCUT2D eigenvalue weighted by atomic mass is 9.96. The van der Waals surface area contributed by atoms with Gasteiger partial charge in [0.25, 0.3) is 0 Å². The van der Waals surface area contributed by atoms with Crippen molar-refractivity contribution in [1.82, 2.24) is 29.2 Å². The smallest absolute Gasteiger partial charge is 0.349 e. The van der Waals surface area contributed by atoms with Gasteiger partial charge in [-0.3, -0.25) is 19.2 Å². The van der Waals surface area contributed by atoms with E-state index in [9.17, 15) is 14.9 Å². The maximum Gasteiger partial charge on any atom is 0.349 e. The molecule has 0 aliphatic carbocycles. The summed E-state index contributed by atoms with van der Waals surface area (Å²) in [6, 6.07) is 15.0. The lowest BCUT2D eigenvalue weighted by Gasteiger charge is -2.49. The fourth-order valence-electron chi connectivity index (χ4n) is 6.18. The molecule has 0 radical (unpaired) electrons. The standard InChI is InChI=1S/C31H40N8O2/c1-6-25-19-39(30-29-27(36(5)31(41)34-30)13-12-24(16-32)33-29)26(7-2)18-38(25)21(3)23-10-8-22(9-11-23)17-37-15-14-35(4)28(40)20-37/h8-13,21,25-26H,6-7,14-15,17-20H2,1-5H3/t21?,25-,26?/m1/s1. The van der Waals surface area contributed by atoms with Crippen LogP contribution in [0.25, 0.3) is 11.0 Å². The predicted molar refractivity (Wildman–Crippen MR) is 159 cm³/mol. The Morgan fingerprint density at radius 1 is 0.976 bits per heavy atom. The molecule has 2 unspecified atom stereocenters. The highest BCUT2D eigenvalue weighted by atomic mass is 16.2. The Hall–Kier alpha value is -3.81. The molecule has 0 bridgehead atoms. The van der Waals surface area contributed by atoms with Crippen LogP contribution in [0.1, 0.15) is 56.5 Å². The van der Waals surface area contributed by atoms with Crippen LogP contribution in [0.15, 0.2) is 41.2 Å². The van der Waals surface area contributed by atoms with Gasteiger partial charge < -0.3 is 9.80 Å². The van der Waals surface area contributed by atoms with E-state index in [0.717, 1.165) is 45.6 Å².